The molecule has 2 spiro atoms. The molecule has 2 aromatic rings. The SMILES string of the molecule is N[C@H]1CC2(CC[C@@H]1O)OCCO2.O=C(OCc1ccccc1)N1CCC(N[C@H]2CC3(CC[C@@H]2O)OCCO3)CC1.O=C1CCN(C(=O)OCc2ccccc2)CC1. The number of nitrogens with one attached hydrogen (secondary N) is 1. The molecule has 0 bridgehead atoms. The Balaban J connectivity index is 0.000000160. The van der Waals surface area contributed by atoms with E-state index >= 15 is 0 Å². The summed E-state index contributed by atoms with van der Waals surface area (Å²) in [6.07, 6.45) is 5.40. The minimum Gasteiger partial charge on any atom is -0.445 e. The molecule has 4 aliphatic heterocycles. The van der Waals surface area contributed by atoms with Gasteiger partial charge in [0.25, 0.3) is 0 Å². The minimum absolute atomic E-state index is 0.0339. The minimum atomic E-state index is -0.515. The van der Waals surface area contributed by atoms with Crippen molar-refractivity contribution in [1.82, 2.24) is 15.1 Å². The van der Waals surface area contributed by atoms with Gasteiger partial charge in [-0.2, -0.15) is 0 Å². The molecule has 2 aromatic carbocycles. The second-order valence-corrected chi connectivity index (χ2v) is 15.6. The molecule has 15 nitrogen and oxygen atoms in total. The number of piperidine rings is 2. The lowest BCUT2D eigenvalue weighted by Gasteiger charge is -2.42. The highest BCUT2D eigenvalue weighted by molar-refractivity contribution is 5.81. The number of nitrogens with two attached hydrogens (primary N) is 1. The molecular weight excluding hydrogens is 736 g/mol. The predicted octanol–water partition coefficient (Wildman–Crippen LogP) is 3.62. The smallest absolute Gasteiger partial charge is 0.410 e. The third-order valence-electron chi connectivity index (χ3n) is 11.5. The number of carbonyl (C=O) groups excluding carboxylic acids is 3. The second kappa shape index (κ2) is 20.8. The summed E-state index contributed by atoms with van der Waals surface area (Å²) in [6, 6.07) is 19.3. The standard InChI is InChI=1S/C21H30N2O5.C13H15NO3.C8H15NO3/c24-19-6-9-21(27-12-13-28-21)14-18(19)22-17-7-10-23(11-8-17)20(25)26-15-16-4-2-1-3-5-16;15-12-6-8-14(9-7-12)13(16)17-10-11-4-2-1-3-5-11;9-6-5-8(2-1-7(6)10)11-3-4-12-8/h1-5,17-19,22,24H,6-15H2;1-5H,6-10H2;6-7,10H,1-5,9H2/t18-,19-;;6-,7-/m0.0/s1. The Kier molecular flexibility index (Phi) is 15.7. The Hall–Kier alpha value is -3.67. The number of rotatable bonds is 6. The van der Waals surface area contributed by atoms with E-state index in [1.54, 1.807) is 9.80 Å². The van der Waals surface area contributed by atoms with Crippen LogP contribution < -0.4 is 11.1 Å². The van der Waals surface area contributed by atoms with Gasteiger partial charge in [0, 0.05) is 82.8 Å². The van der Waals surface area contributed by atoms with Crippen molar-refractivity contribution in [3.8, 4) is 0 Å². The molecule has 4 heterocycles. The number of carbonyl (C=O) groups is 3. The van der Waals surface area contributed by atoms with Crippen molar-refractivity contribution < 1.29 is 53.0 Å². The van der Waals surface area contributed by atoms with Gasteiger partial charge in [-0.15, -0.1) is 0 Å². The van der Waals surface area contributed by atoms with E-state index in [4.69, 9.17) is 34.2 Å². The summed E-state index contributed by atoms with van der Waals surface area (Å²) in [5.41, 5.74) is 7.68. The van der Waals surface area contributed by atoms with Gasteiger partial charge < -0.3 is 59.5 Å². The molecule has 6 aliphatic rings. The Labute approximate surface area is 335 Å². The highest BCUT2D eigenvalue weighted by atomic mass is 16.7. The Morgan fingerprint density at radius 3 is 1.63 bits per heavy atom. The summed E-state index contributed by atoms with van der Waals surface area (Å²) in [6.45, 7) is 5.43. The van der Waals surface area contributed by atoms with Gasteiger partial charge in [-0.25, -0.2) is 9.59 Å². The maximum Gasteiger partial charge on any atom is 0.410 e. The number of nitrogens with zero attached hydrogens (tertiary/aromatic N) is 2. The average molecular weight is 797 g/mol. The summed E-state index contributed by atoms with van der Waals surface area (Å²) in [7, 11) is 0. The van der Waals surface area contributed by atoms with Crippen molar-refractivity contribution in [2.24, 2.45) is 5.73 Å². The summed E-state index contributed by atoms with van der Waals surface area (Å²) in [5.74, 6) is -0.755. The van der Waals surface area contributed by atoms with Crippen LogP contribution in [0.25, 0.3) is 0 Å². The van der Waals surface area contributed by atoms with Crippen LogP contribution in [-0.4, -0.2) is 132 Å². The van der Waals surface area contributed by atoms with E-state index < -0.39 is 11.6 Å². The first kappa shape index (κ1) is 42.9. The Morgan fingerprint density at radius 2 is 1.14 bits per heavy atom. The molecule has 4 atom stereocenters. The van der Waals surface area contributed by atoms with Gasteiger partial charge in [-0.1, -0.05) is 60.7 Å². The van der Waals surface area contributed by atoms with Crippen molar-refractivity contribution in [3.63, 3.8) is 0 Å². The lowest BCUT2D eigenvalue weighted by atomic mass is 9.86. The van der Waals surface area contributed by atoms with Gasteiger partial charge in [0.1, 0.15) is 19.0 Å². The van der Waals surface area contributed by atoms with E-state index in [0.29, 0.717) is 97.7 Å². The number of Topliss-reactive ketones (excluding diaryl/α,β-unsaturated/α-hetero) is 1. The third-order valence-corrected chi connectivity index (χ3v) is 11.5. The normalized spacial score (nSPS) is 26.9. The van der Waals surface area contributed by atoms with Crippen LogP contribution in [0.15, 0.2) is 60.7 Å². The molecule has 6 fully saturated rings. The fourth-order valence-corrected chi connectivity index (χ4v) is 8.10. The van der Waals surface area contributed by atoms with Crippen LogP contribution in [0.3, 0.4) is 0 Å². The van der Waals surface area contributed by atoms with Gasteiger partial charge in [-0.3, -0.25) is 4.79 Å². The number of hydrogen-bond donors (Lipinski definition) is 4. The van der Waals surface area contributed by atoms with E-state index in [1.165, 1.54) is 0 Å². The number of likely N-dealkylation sites (tertiary alicyclic amines) is 2. The van der Waals surface area contributed by atoms with E-state index in [9.17, 15) is 24.6 Å². The van der Waals surface area contributed by atoms with Gasteiger partial charge in [0.2, 0.25) is 0 Å². The van der Waals surface area contributed by atoms with Crippen molar-refractivity contribution >= 4 is 18.0 Å². The topological polar surface area (TPSA) is 192 Å². The summed E-state index contributed by atoms with van der Waals surface area (Å²) >= 11 is 0. The molecular formula is C42H60N4O11. The molecule has 57 heavy (non-hydrogen) atoms. The molecule has 0 aromatic heterocycles. The number of ketones is 1. The number of aliphatic hydroxyl groups excluding tert-OH is 2. The van der Waals surface area contributed by atoms with Gasteiger partial charge in [0.15, 0.2) is 11.6 Å². The monoisotopic (exact) mass is 796 g/mol. The highest BCUT2D eigenvalue weighted by Crippen LogP contribution is 2.37. The molecule has 314 valence electrons. The van der Waals surface area contributed by atoms with Crippen molar-refractivity contribution in [3.05, 3.63) is 71.8 Å². The van der Waals surface area contributed by atoms with Gasteiger partial charge in [-0.05, 0) is 36.8 Å². The maximum atomic E-state index is 12.3. The molecule has 8 rings (SSSR count). The van der Waals surface area contributed by atoms with Crippen LogP contribution in [-0.2, 0) is 46.4 Å². The molecule has 2 aliphatic carbocycles. The Morgan fingerprint density at radius 1 is 0.684 bits per heavy atom. The second-order valence-electron chi connectivity index (χ2n) is 15.6. The quantitative estimate of drug-likeness (QED) is 0.332. The van der Waals surface area contributed by atoms with Crippen LogP contribution in [0.5, 0.6) is 0 Å². The van der Waals surface area contributed by atoms with Crippen molar-refractivity contribution in [2.75, 3.05) is 52.6 Å². The molecule has 2 amide bonds. The number of benzene rings is 2. The van der Waals surface area contributed by atoms with Gasteiger partial charge >= 0.3 is 12.2 Å². The molecule has 5 N–H and O–H groups in total. The van der Waals surface area contributed by atoms with E-state index in [1.807, 2.05) is 60.7 Å². The van der Waals surface area contributed by atoms with Crippen LogP contribution in [0.2, 0.25) is 0 Å². The van der Waals surface area contributed by atoms with Crippen LogP contribution in [0.1, 0.15) is 75.3 Å². The summed E-state index contributed by atoms with van der Waals surface area (Å²) in [4.78, 5) is 38.4. The zero-order chi connectivity index (χ0) is 40.1. The first-order valence-electron chi connectivity index (χ1n) is 20.5. The zero-order valence-electron chi connectivity index (χ0n) is 32.8. The van der Waals surface area contributed by atoms with Crippen LogP contribution in [0.4, 0.5) is 9.59 Å². The lowest BCUT2D eigenvalue weighted by molar-refractivity contribution is -0.195. The largest absolute Gasteiger partial charge is 0.445 e. The van der Waals surface area contributed by atoms with Crippen molar-refractivity contribution in [1.29, 1.82) is 0 Å². The molecule has 15 heteroatoms. The summed E-state index contributed by atoms with van der Waals surface area (Å²) in [5, 5.41) is 23.4. The van der Waals surface area contributed by atoms with E-state index in [-0.39, 0.29) is 54.9 Å². The number of aliphatic hydroxyl groups is 2. The maximum absolute atomic E-state index is 12.3. The fraction of sp³-hybridized carbons (Fsp3) is 0.643. The lowest BCUT2D eigenvalue weighted by Crippen LogP contribution is -2.56. The number of ether oxygens (including phenoxy) is 6. The first-order valence-corrected chi connectivity index (χ1v) is 20.5. The predicted molar refractivity (Wildman–Crippen MR) is 208 cm³/mol. The Bertz CT molecular complexity index is 1540. The van der Waals surface area contributed by atoms with Crippen LogP contribution in [0, 0.1) is 0 Å². The van der Waals surface area contributed by atoms with E-state index in [0.717, 1.165) is 36.8 Å². The van der Waals surface area contributed by atoms with Crippen molar-refractivity contribution in [2.45, 2.75) is 119 Å². The fourth-order valence-electron chi connectivity index (χ4n) is 8.10. The number of amides is 2. The van der Waals surface area contributed by atoms with E-state index in [2.05, 4.69) is 5.32 Å². The molecule has 0 unspecified atom stereocenters. The molecule has 2 saturated carbocycles. The molecule has 4 saturated heterocycles. The molecule has 0 radical (unpaired) electrons. The zero-order valence-corrected chi connectivity index (χ0v) is 32.8. The highest BCUT2D eigenvalue weighted by Gasteiger charge is 2.46. The third kappa shape index (κ3) is 12.7. The van der Waals surface area contributed by atoms with Gasteiger partial charge in [0.05, 0.1) is 38.6 Å². The first-order chi connectivity index (χ1) is 27.6. The van der Waals surface area contributed by atoms with Crippen LogP contribution >= 0.6 is 0 Å². The number of hydrogen-bond acceptors (Lipinski definition) is 13. The summed E-state index contributed by atoms with van der Waals surface area (Å²) < 4.78 is 33.2. The average Bonchev–Trinajstić information content (AvgIpc) is 3.90.